The first kappa shape index (κ1) is 14.0. The highest BCUT2D eigenvalue weighted by molar-refractivity contribution is 5.75. The number of carboxylic acids is 1. The summed E-state index contributed by atoms with van der Waals surface area (Å²) in [5, 5.41) is 9.97. The Morgan fingerprint density at radius 3 is 2.38 bits per heavy atom. The zero-order valence-electron chi connectivity index (χ0n) is 13.0. The van der Waals surface area contributed by atoms with Gasteiger partial charge in [0.1, 0.15) is 0 Å². The van der Waals surface area contributed by atoms with E-state index in [9.17, 15) is 9.90 Å². The van der Waals surface area contributed by atoms with Gasteiger partial charge in [0.2, 0.25) is 0 Å². The second-order valence-corrected chi connectivity index (χ2v) is 7.83. The normalized spacial score (nSPS) is 54.5. The highest BCUT2D eigenvalue weighted by Crippen LogP contribution is 2.56. The summed E-state index contributed by atoms with van der Waals surface area (Å²) in [6, 6.07) is 0. The van der Waals surface area contributed by atoms with Crippen LogP contribution in [0.1, 0.15) is 52.4 Å². The van der Waals surface area contributed by atoms with Gasteiger partial charge in [-0.1, -0.05) is 20.3 Å². The monoisotopic (exact) mass is 294 g/mol. The Kier molecular flexibility index (Phi) is 3.13. The summed E-state index contributed by atoms with van der Waals surface area (Å²) in [5.74, 6) is 0.759. The number of carbonyl (C=O) groups is 1. The first-order valence-electron chi connectivity index (χ1n) is 8.58. The molecule has 0 aromatic carbocycles. The molecule has 4 nitrogen and oxygen atoms in total. The number of hydrogen-bond acceptors (Lipinski definition) is 3. The van der Waals surface area contributed by atoms with Gasteiger partial charge in [0, 0.05) is 0 Å². The lowest BCUT2D eigenvalue weighted by atomic mass is 9.60. The van der Waals surface area contributed by atoms with Crippen LogP contribution in [0.3, 0.4) is 0 Å². The summed E-state index contributed by atoms with van der Waals surface area (Å²) >= 11 is 0. The topological polar surface area (TPSA) is 62.4 Å². The van der Waals surface area contributed by atoms with Crippen LogP contribution in [0.15, 0.2) is 0 Å². The van der Waals surface area contributed by atoms with Crippen molar-refractivity contribution in [3.05, 3.63) is 0 Å². The summed E-state index contributed by atoms with van der Waals surface area (Å²) in [6.45, 7) is 4.35. The van der Waals surface area contributed by atoms with Gasteiger partial charge in [0.25, 0.3) is 0 Å². The predicted molar refractivity (Wildman–Crippen MR) is 76.9 cm³/mol. The maximum absolute atomic E-state index is 12.1. The predicted octanol–water partition coefficient (Wildman–Crippen LogP) is 2.85. The number of epoxide rings is 2. The third kappa shape index (κ3) is 2.22. The quantitative estimate of drug-likeness (QED) is 0.810. The maximum Gasteiger partial charge on any atom is 0.310 e. The molecule has 4 aliphatic rings. The third-order valence-corrected chi connectivity index (χ3v) is 6.78. The van der Waals surface area contributed by atoms with Gasteiger partial charge >= 0.3 is 5.97 Å². The second kappa shape index (κ2) is 4.69. The van der Waals surface area contributed by atoms with Gasteiger partial charge < -0.3 is 14.6 Å². The van der Waals surface area contributed by atoms with Gasteiger partial charge in [-0.05, 0) is 49.9 Å². The summed E-state index contributed by atoms with van der Waals surface area (Å²) in [6.07, 6.45) is 7.27. The molecule has 0 bridgehead atoms. The van der Waals surface area contributed by atoms with Crippen molar-refractivity contribution in [2.24, 2.45) is 23.2 Å². The molecule has 4 heteroatoms. The minimum absolute atomic E-state index is 0.214. The largest absolute Gasteiger partial charge is 0.481 e. The molecule has 2 aliphatic heterocycles. The van der Waals surface area contributed by atoms with Crippen LogP contribution in [0.2, 0.25) is 0 Å². The van der Waals surface area contributed by atoms with Crippen molar-refractivity contribution in [2.75, 3.05) is 0 Å². The molecule has 8 unspecified atom stereocenters. The number of aliphatic carboxylic acids is 1. The summed E-state index contributed by atoms with van der Waals surface area (Å²) < 4.78 is 11.3. The van der Waals surface area contributed by atoms with Gasteiger partial charge in [0.05, 0.1) is 29.8 Å². The van der Waals surface area contributed by atoms with E-state index in [1.807, 2.05) is 0 Å². The van der Waals surface area contributed by atoms with Crippen LogP contribution in [0.25, 0.3) is 0 Å². The number of ether oxygens (including phenoxy) is 2. The van der Waals surface area contributed by atoms with E-state index in [4.69, 9.17) is 9.47 Å². The van der Waals surface area contributed by atoms with Crippen LogP contribution in [-0.2, 0) is 14.3 Å². The van der Waals surface area contributed by atoms with Gasteiger partial charge in [-0.3, -0.25) is 4.79 Å². The van der Waals surface area contributed by atoms with Gasteiger partial charge in [-0.2, -0.15) is 0 Å². The van der Waals surface area contributed by atoms with E-state index < -0.39 is 11.4 Å². The van der Waals surface area contributed by atoms with Crippen molar-refractivity contribution >= 4 is 5.97 Å². The van der Waals surface area contributed by atoms with Crippen LogP contribution in [0.4, 0.5) is 0 Å². The summed E-state index contributed by atoms with van der Waals surface area (Å²) in [5.41, 5.74) is -0.572. The molecule has 0 spiro atoms. The molecular weight excluding hydrogens is 268 g/mol. The molecule has 4 rings (SSSR count). The van der Waals surface area contributed by atoms with E-state index in [1.54, 1.807) is 0 Å². The highest BCUT2D eigenvalue weighted by Gasteiger charge is 2.59. The molecule has 2 saturated heterocycles. The van der Waals surface area contributed by atoms with Crippen molar-refractivity contribution in [2.45, 2.75) is 76.8 Å². The van der Waals surface area contributed by atoms with E-state index in [-0.39, 0.29) is 12.0 Å². The molecular formula is C17H26O4. The molecule has 8 atom stereocenters. The van der Waals surface area contributed by atoms with Crippen LogP contribution in [0, 0.1) is 23.2 Å². The summed E-state index contributed by atoms with van der Waals surface area (Å²) in [4.78, 5) is 12.1. The number of carboxylic acid groups (broad SMARTS) is 1. The molecule has 2 aliphatic carbocycles. The molecule has 21 heavy (non-hydrogen) atoms. The van der Waals surface area contributed by atoms with Gasteiger partial charge in [0.15, 0.2) is 0 Å². The second-order valence-electron chi connectivity index (χ2n) is 7.83. The zero-order chi connectivity index (χ0) is 14.8. The third-order valence-electron chi connectivity index (χ3n) is 6.78. The van der Waals surface area contributed by atoms with E-state index in [2.05, 4.69) is 13.8 Å². The Hall–Kier alpha value is -0.610. The molecule has 0 radical (unpaired) electrons. The molecule has 0 aromatic heterocycles. The average molecular weight is 294 g/mol. The van der Waals surface area contributed by atoms with Crippen molar-refractivity contribution in [1.82, 2.24) is 0 Å². The maximum atomic E-state index is 12.1. The Bertz CT molecular complexity index is 450. The molecule has 0 amide bonds. The lowest BCUT2D eigenvalue weighted by Gasteiger charge is -2.42. The summed E-state index contributed by atoms with van der Waals surface area (Å²) in [7, 11) is 0. The minimum Gasteiger partial charge on any atom is -0.481 e. The molecule has 4 fully saturated rings. The molecule has 2 heterocycles. The molecule has 1 N–H and O–H groups in total. The van der Waals surface area contributed by atoms with Crippen molar-refractivity contribution in [3.8, 4) is 0 Å². The number of hydrogen-bond donors (Lipinski definition) is 1. The number of fused-ring (bicyclic) bond motifs is 2. The molecule has 118 valence electrons. The first-order valence-corrected chi connectivity index (χ1v) is 8.58. The Labute approximate surface area is 126 Å². The minimum atomic E-state index is -0.599. The van der Waals surface area contributed by atoms with E-state index in [0.29, 0.717) is 30.1 Å². The van der Waals surface area contributed by atoms with Crippen molar-refractivity contribution in [3.63, 3.8) is 0 Å². The first-order chi connectivity index (χ1) is 10.0. The van der Waals surface area contributed by atoms with E-state index >= 15 is 0 Å². The fourth-order valence-corrected chi connectivity index (χ4v) is 5.16. The van der Waals surface area contributed by atoms with Gasteiger partial charge in [-0.15, -0.1) is 0 Å². The van der Waals surface area contributed by atoms with Crippen LogP contribution in [0.5, 0.6) is 0 Å². The van der Waals surface area contributed by atoms with Gasteiger partial charge in [-0.25, -0.2) is 0 Å². The smallest absolute Gasteiger partial charge is 0.310 e. The van der Waals surface area contributed by atoms with Crippen LogP contribution >= 0.6 is 0 Å². The molecule has 0 aromatic rings. The Morgan fingerprint density at radius 2 is 1.71 bits per heavy atom. The van der Waals surface area contributed by atoms with E-state index in [0.717, 1.165) is 38.5 Å². The van der Waals surface area contributed by atoms with Crippen LogP contribution < -0.4 is 0 Å². The highest BCUT2D eigenvalue weighted by atomic mass is 16.6. The fourth-order valence-electron chi connectivity index (χ4n) is 5.16. The molecule has 2 saturated carbocycles. The fraction of sp³-hybridized carbons (Fsp3) is 0.941. The lowest BCUT2D eigenvalue weighted by Crippen LogP contribution is -2.45. The Morgan fingerprint density at radius 1 is 1.10 bits per heavy atom. The lowest BCUT2D eigenvalue weighted by molar-refractivity contribution is -0.156. The Balaban J connectivity index is 1.55. The van der Waals surface area contributed by atoms with Crippen molar-refractivity contribution in [1.29, 1.82) is 0 Å². The number of rotatable bonds is 4. The zero-order valence-corrected chi connectivity index (χ0v) is 13.0. The van der Waals surface area contributed by atoms with E-state index in [1.165, 1.54) is 0 Å². The SMILES string of the molecule is CCC1CC2OC2CC1CC1(C(=O)O)CC2OC2CC1C. The standard InChI is InChI=1S/C17H26O4/c1-3-10-5-13-14(20-13)6-11(10)7-17(16(18)19)8-15-12(21-15)4-9(17)2/h9-15H,3-8H2,1-2H3,(H,18,19). The average Bonchev–Trinajstić information content (AvgIpc) is 3.33. The van der Waals surface area contributed by atoms with Crippen molar-refractivity contribution < 1.29 is 19.4 Å². The van der Waals surface area contributed by atoms with Crippen LogP contribution in [-0.4, -0.2) is 35.5 Å².